The number of amides is 2. The van der Waals surface area contributed by atoms with Crippen molar-refractivity contribution in [3.8, 4) is 5.75 Å². The number of rotatable bonds is 14. The van der Waals surface area contributed by atoms with Crippen LogP contribution in [0.3, 0.4) is 0 Å². The Bertz CT molecular complexity index is 1360. The van der Waals surface area contributed by atoms with E-state index in [4.69, 9.17) is 0 Å². The Balaban J connectivity index is 1.48. The van der Waals surface area contributed by atoms with Crippen LogP contribution in [0, 0.1) is 0 Å². The number of hydrogen-bond donors (Lipinski definition) is 6. The van der Waals surface area contributed by atoms with Crippen LogP contribution in [0.15, 0.2) is 52.3 Å². The van der Waals surface area contributed by atoms with Gasteiger partial charge in [0, 0.05) is 37.9 Å². The van der Waals surface area contributed by atoms with Crippen LogP contribution in [0.1, 0.15) is 57.1 Å². The van der Waals surface area contributed by atoms with Crippen molar-refractivity contribution in [1.82, 2.24) is 19.7 Å². The van der Waals surface area contributed by atoms with Crippen LogP contribution in [0.4, 0.5) is 10.5 Å². The van der Waals surface area contributed by atoms with Crippen molar-refractivity contribution in [2.24, 2.45) is 0 Å². The molecule has 2 amide bonds. The summed E-state index contributed by atoms with van der Waals surface area (Å²) >= 11 is 0. The number of aliphatic hydroxyl groups excluding tert-OH is 1. The Morgan fingerprint density at radius 1 is 1.02 bits per heavy atom. The summed E-state index contributed by atoms with van der Waals surface area (Å²) in [5, 5.41) is 29.2. The zero-order valence-electron chi connectivity index (χ0n) is 23.5. The number of nitrogens with zero attached hydrogens (tertiary/aromatic N) is 1. The van der Waals surface area contributed by atoms with Gasteiger partial charge in [-0.1, -0.05) is 32.3 Å². The number of hydrogen-bond acceptors (Lipinski definition) is 8. The van der Waals surface area contributed by atoms with Gasteiger partial charge in [0.15, 0.2) is 0 Å². The number of aromatic hydroxyl groups is 1. The third-order valence-corrected chi connectivity index (χ3v) is 10.4. The van der Waals surface area contributed by atoms with E-state index in [1.807, 2.05) is 0 Å². The van der Waals surface area contributed by atoms with Gasteiger partial charge in [0.1, 0.15) is 10.6 Å². The van der Waals surface area contributed by atoms with Crippen LogP contribution in [-0.4, -0.2) is 76.7 Å². The molecule has 0 saturated carbocycles. The van der Waals surface area contributed by atoms with Gasteiger partial charge in [0.25, 0.3) is 0 Å². The molecule has 6 N–H and O–H groups in total. The molecule has 0 aliphatic carbocycles. The second-order valence-electron chi connectivity index (χ2n) is 10.0. The lowest BCUT2D eigenvalue weighted by Crippen LogP contribution is -2.45. The van der Waals surface area contributed by atoms with E-state index in [1.54, 1.807) is 12.1 Å². The molecule has 1 unspecified atom stereocenters. The van der Waals surface area contributed by atoms with Gasteiger partial charge in [-0.15, -0.1) is 0 Å². The molecular formula is C27H41N5O7S2. The van der Waals surface area contributed by atoms with Crippen LogP contribution in [0.2, 0.25) is 0 Å². The largest absolute Gasteiger partial charge is 0.507 e. The minimum Gasteiger partial charge on any atom is -0.507 e. The molecule has 0 bridgehead atoms. The summed E-state index contributed by atoms with van der Waals surface area (Å²) in [6.45, 7) is 3.42. The lowest BCUT2D eigenvalue weighted by molar-refractivity contribution is 0.162. The van der Waals surface area contributed by atoms with Gasteiger partial charge in [0.05, 0.1) is 11.0 Å². The van der Waals surface area contributed by atoms with Crippen molar-refractivity contribution in [2.45, 2.75) is 67.4 Å². The number of unbranched alkanes of at least 4 members (excludes halogenated alkanes) is 3. The van der Waals surface area contributed by atoms with Gasteiger partial charge < -0.3 is 26.2 Å². The van der Waals surface area contributed by atoms with Crippen LogP contribution < -0.4 is 20.7 Å². The third-order valence-electron chi connectivity index (χ3n) is 7.05. The summed E-state index contributed by atoms with van der Waals surface area (Å²) in [5.41, 5.74) is 0.826. The van der Waals surface area contributed by atoms with Gasteiger partial charge >= 0.3 is 6.03 Å². The van der Waals surface area contributed by atoms with E-state index in [2.05, 4.69) is 27.6 Å². The first-order valence-corrected chi connectivity index (χ1v) is 16.7. The molecule has 12 nitrogen and oxygen atoms in total. The van der Waals surface area contributed by atoms with Crippen LogP contribution in [-0.2, 0) is 20.0 Å². The first-order chi connectivity index (χ1) is 19.5. The number of carbonyl (C=O) groups excluding carboxylic acids is 1. The van der Waals surface area contributed by atoms with Crippen molar-refractivity contribution in [1.29, 1.82) is 0 Å². The average Bonchev–Trinajstić information content (AvgIpc) is 2.96. The van der Waals surface area contributed by atoms with Gasteiger partial charge in [-0.3, -0.25) is 0 Å². The molecule has 0 radical (unpaired) electrons. The van der Waals surface area contributed by atoms with Gasteiger partial charge in [-0.2, -0.15) is 4.31 Å². The van der Waals surface area contributed by atoms with Crippen LogP contribution in [0.5, 0.6) is 5.75 Å². The quantitative estimate of drug-likeness (QED) is 0.177. The lowest BCUT2D eigenvalue weighted by Gasteiger charge is -2.32. The topological polar surface area (TPSA) is 177 Å². The molecule has 1 heterocycles. The van der Waals surface area contributed by atoms with E-state index in [0.717, 1.165) is 25.7 Å². The molecule has 41 heavy (non-hydrogen) atoms. The summed E-state index contributed by atoms with van der Waals surface area (Å²) in [6, 6.07) is 9.62. The Kier molecular flexibility index (Phi) is 11.9. The van der Waals surface area contributed by atoms with E-state index in [1.165, 1.54) is 41.7 Å². The molecule has 2 aromatic carbocycles. The zero-order valence-corrected chi connectivity index (χ0v) is 25.1. The van der Waals surface area contributed by atoms with Gasteiger partial charge in [-0.25, -0.2) is 26.4 Å². The minimum atomic E-state index is -3.89. The maximum atomic E-state index is 13.2. The molecule has 1 fully saturated rings. The highest BCUT2D eigenvalue weighted by Gasteiger charge is 2.29. The van der Waals surface area contributed by atoms with E-state index in [9.17, 15) is 31.8 Å². The van der Waals surface area contributed by atoms with E-state index < -0.39 is 31.9 Å². The number of nitrogens with one attached hydrogen (secondary N) is 4. The SMILES string of the molecule is CCCCCCNC(=O)Nc1ccc(S(=O)(=O)N2CCC(NCC(O)c3ccc(O)c(S(=O)(=O)NC)c3)CC2)cc1. The maximum absolute atomic E-state index is 13.2. The summed E-state index contributed by atoms with van der Waals surface area (Å²) in [5.74, 6) is -0.415. The Morgan fingerprint density at radius 2 is 1.71 bits per heavy atom. The molecule has 0 spiro atoms. The number of phenolic OH excluding ortho intramolecular Hbond substituents is 1. The monoisotopic (exact) mass is 611 g/mol. The fraction of sp³-hybridized carbons (Fsp3) is 0.519. The van der Waals surface area contributed by atoms with Crippen LogP contribution >= 0.6 is 0 Å². The number of phenols is 1. The standard InChI is InChI=1S/C27H41N5O7S2/c1-3-4-5-6-15-29-27(35)31-22-8-10-23(11-9-22)41(38,39)32-16-13-21(14-17-32)30-19-25(34)20-7-12-24(33)26(18-20)40(36,37)28-2/h7-12,18,21,25,28,30,33-34H,3-6,13-17,19H2,1-2H3,(H2,29,31,35). The highest BCUT2D eigenvalue weighted by molar-refractivity contribution is 7.89. The highest BCUT2D eigenvalue weighted by Crippen LogP contribution is 2.27. The molecule has 3 rings (SSSR count). The number of sulfonamides is 2. The van der Waals surface area contributed by atoms with E-state index >= 15 is 0 Å². The number of urea groups is 1. The van der Waals surface area contributed by atoms with Crippen molar-refractivity contribution < 1.29 is 31.8 Å². The summed E-state index contributed by atoms with van der Waals surface area (Å²) < 4.78 is 54.1. The first-order valence-electron chi connectivity index (χ1n) is 13.8. The maximum Gasteiger partial charge on any atom is 0.319 e. The van der Waals surface area contributed by atoms with Crippen molar-refractivity contribution in [2.75, 3.05) is 38.5 Å². The lowest BCUT2D eigenvalue weighted by atomic mass is 10.1. The molecular weight excluding hydrogens is 570 g/mol. The smallest absolute Gasteiger partial charge is 0.319 e. The Labute approximate surface area is 242 Å². The number of piperidine rings is 1. The molecule has 1 saturated heterocycles. The van der Waals surface area contributed by atoms with Gasteiger partial charge in [0.2, 0.25) is 20.0 Å². The highest BCUT2D eigenvalue weighted by atomic mass is 32.2. The molecule has 14 heteroatoms. The Hall–Kier alpha value is -2.75. The second-order valence-corrected chi connectivity index (χ2v) is 13.8. The van der Waals surface area contributed by atoms with Crippen molar-refractivity contribution in [3.05, 3.63) is 48.0 Å². The number of carbonyl (C=O) groups is 1. The second kappa shape index (κ2) is 14.9. The zero-order chi connectivity index (χ0) is 30.0. The summed E-state index contributed by atoms with van der Waals surface area (Å²) in [7, 11) is -6.37. The van der Waals surface area contributed by atoms with Crippen molar-refractivity contribution in [3.63, 3.8) is 0 Å². The molecule has 1 atom stereocenters. The first kappa shape index (κ1) is 32.8. The van der Waals surface area contributed by atoms with E-state index in [0.29, 0.717) is 43.7 Å². The van der Waals surface area contributed by atoms with Crippen LogP contribution in [0.25, 0.3) is 0 Å². The fourth-order valence-electron chi connectivity index (χ4n) is 4.55. The number of benzene rings is 2. The fourth-order valence-corrected chi connectivity index (χ4v) is 6.87. The average molecular weight is 612 g/mol. The number of aliphatic hydroxyl groups is 1. The third kappa shape index (κ3) is 9.12. The molecule has 228 valence electrons. The predicted octanol–water partition coefficient (Wildman–Crippen LogP) is 2.48. The number of anilines is 1. The van der Waals surface area contributed by atoms with Gasteiger partial charge in [-0.05, 0) is 68.3 Å². The normalized spacial score (nSPS) is 15.9. The molecule has 1 aliphatic heterocycles. The predicted molar refractivity (Wildman–Crippen MR) is 157 cm³/mol. The van der Waals surface area contributed by atoms with E-state index in [-0.39, 0.29) is 28.4 Å². The summed E-state index contributed by atoms with van der Waals surface area (Å²) in [4.78, 5) is 11.9. The molecule has 0 aromatic heterocycles. The molecule has 1 aliphatic rings. The Morgan fingerprint density at radius 3 is 2.34 bits per heavy atom. The molecule has 2 aromatic rings. The summed E-state index contributed by atoms with van der Waals surface area (Å²) in [6.07, 6.45) is 4.25. The van der Waals surface area contributed by atoms with Crippen molar-refractivity contribution >= 4 is 31.8 Å². The minimum absolute atomic E-state index is 0.0409.